The largest absolute Gasteiger partial charge is 0.364 e. The molecule has 3 heteroatoms. The van der Waals surface area contributed by atoms with E-state index in [1.807, 2.05) is 0 Å². The lowest BCUT2D eigenvalue weighted by Gasteiger charge is -2.23. The Balaban J connectivity index is 1.62. The minimum atomic E-state index is 0.503. The number of aryl methyl sites for hydroxylation is 1. The third-order valence-corrected chi connectivity index (χ3v) is 4.50. The average molecular weight is 253 g/mol. The van der Waals surface area contributed by atoms with Crippen LogP contribution in [-0.4, -0.2) is 23.6 Å². The van der Waals surface area contributed by atoms with Crippen LogP contribution in [0.25, 0.3) is 0 Å². The number of rotatable bonds is 1. The second kappa shape index (κ2) is 4.48. The second-order valence-electron chi connectivity index (χ2n) is 5.77. The van der Waals surface area contributed by atoms with Crippen molar-refractivity contribution in [3.63, 3.8) is 0 Å². The molecule has 2 heterocycles. The van der Waals surface area contributed by atoms with Crippen molar-refractivity contribution in [2.75, 3.05) is 0 Å². The summed E-state index contributed by atoms with van der Waals surface area (Å²) in [4.78, 5) is 9.69. The number of aliphatic imine (C=N–C) groups is 2. The molecule has 3 nitrogen and oxygen atoms in total. The van der Waals surface area contributed by atoms with Crippen LogP contribution in [0.1, 0.15) is 37.7 Å². The molecule has 1 aliphatic carbocycles. The first-order valence-corrected chi connectivity index (χ1v) is 7.40. The number of fused-ring (bicyclic) bond motifs is 2. The van der Waals surface area contributed by atoms with Crippen molar-refractivity contribution in [2.24, 2.45) is 9.98 Å². The molecular formula is C16H19N3. The molecule has 4 rings (SSSR count). The van der Waals surface area contributed by atoms with Crippen LogP contribution in [0.3, 0.4) is 0 Å². The highest BCUT2D eigenvalue weighted by Gasteiger charge is 2.32. The van der Waals surface area contributed by atoms with Crippen molar-refractivity contribution in [2.45, 2.75) is 50.6 Å². The van der Waals surface area contributed by atoms with Crippen LogP contribution in [0, 0.1) is 0 Å². The minimum Gasteiger partial charge on any atom is -0.364 e. The van der Waals surface area contributed by atoms with Gasteiger partial charge in [0.2, 0.25) is 0 Å². The van der Waals surface area contributed by atoms with Gasteiger partial charge in [0, 0.05) is 0 Å². The Labute approximate surface area is 113 Å². The molecule has 0 spiro atoms. The first-order chi connectivity index (χ1) is 9.40. The van der Waals surface area contributed by atoms with E-state index in [1.54, 1.807) is 0 Å². The summed E-state index contributed by atoms with van der Waals surface area (Å²) in [6.07, 6.45) is 7.28. The molecule has 1 N–H and O–H groups in total. The molecule has 3 aliphatic rings. The highest BCUT2D eigenvalue weighted by Crippen LogP contribution is 2.29. The molecule has 1 aromatic rings. The Hall–Kier alpha value is -1.64. The normalized spacial score (nSPS) is 28.8. The molecule has 19 heavy (non-hydrogen) atoms. The third kappa shape index (κ3) is 1.97. The van der Waals surface area contributed by atoms with Gasteiger partial charge in [0.25, 0.3) is 0 Å². The van der Waals surface area contributed by atoms with E-state index in [2.05, 4.69) is 29.6 Å². The molecule has 1 fully saturated rings. The zero-order valence-corrected chi connectivity index (χ0v) is 11.1. The summed E-state index contributed by atoms with van der Waals surface area (Å²) in [5, 5.41) is 3.61. The number of nitrogens with one attached hydrogen (secondary N) is 1. The Bertz CT molecular complexity index is 559. The van der Waals surface area contributed by atoms with Gasteiger partial charge in [0.15, 0.2) is 0 Å². The molecule has 2 aliphatic heterocycles. The fourth-order valence-electron chi connectivity index (χ4n) is 3.43. The number of nitrogens with zero attached hydrogens (tertiary/aromatic N) is 2. The van der Waals surface area contributed by atoms with E-state index in [1.165, 1.54) is 31.2 Å². The molecule has 98 valence electrons. The van der Waals surface area contributed by atoms with Crippen molar-refractivity contribution < 1.29 is 0 Å². The number of hydrogen-bond acceptors (Lipinski definition) is 3. The zero-order valence-electron chi connectivity index (χ0n) is 11.1. The van der Waals surface area contributed by atoms with Crippen molar-refractivity contribution in [1.29, 1.82) is 0 Å². The van der Waals surface area contributed by atoms with E-state index < -0.39 is 0 Å². The van der Waals surface area contributed by atoms with Gasteiger partial charge in [-0.1, -0.05) is 31.0 Å². The van der Waals surface area contributed by atoms with E-state index in [0.29, 0.717) is 12.1 Å². The van der Waals surface area contributed by atoms with Crippen LogP contribution in [-0.2, 0) is 6.42 Å². The maximum Gasteiger partial charge on any atom is 0.143 e. The summed E-state index contributed by atoms with van der Waals surface area (Å²) < 4.78 is 0. The highest BCUT2D eigenvalue weighted by atomic mass is 15.1. The Morgan fingerprint density at radius 3 is 2.89 bits per heavy atom. The van der Waals surface area contributed by atoms with Gasteiger partial charge in [-0.2, -0.15) is 0 Å². The second-order valence-corrected chi connectivity index (χ2v) is 5.77. The maximum absolute atomic E-state index is 4.88. The Morgan fingerprint density at radius 2 is 1.95 bits per heavy atom. The van der Waals surface area contributed by atoms with Gasteiger partial charge in [0.1, 0.15) is 5.84 Å². The lowest BCUT2D eigenvalue weighted by atomic mass is 9.92. The van der Waals surface area contributed by atoms with E-state index >= 15 is 0 Å². The predicted octanol–water partition coefficient (Wildman–Crippen LogP) is 3.02. The molecule has 0 radical (unpaired) electrons. The minimum absolute atomic E-state index is 0.503. The monoisotopic (exact) mass is 253 g/mol. The maximum atomic E-state index is 4.88. The van der Waals surface area contributed by atoms with Crippen LogP contribution in [0.2, 0.25) is 0 Å². The first-order valence-electron chi connectivity index (χ1n) is 7.40. The summed E-state index contributed by atoms with van der Waals surface area (Å²) in [5.74, 6) is 1.08. The zero-order chi connectivity index (χ0) is 12.7. The van der Waals surface area contributed by atoms with Crippen LogP contribution in [0.4, 0.5) is 5.69 Å². The topological polar surface area (TPSA) is 36.8 Å². The highest BCUT2D eigenvalue weighted by molar-refractivity contribution is 6.42. The van der Waals surface area contributed by atoms with Gasteiger partial charge in [-0.05, 0) is 37.3 Å². The fourth-order valence-corrected chi connectivity index (χ4v) is 3.43. The van der Waals surface area contributed by atoms with Crippen molar-refractivity contribution in [1.82, 2.24) is 5.32 Å². The van der Waals surface area contributed by atoms with Gasteiger partial charge in [-0.3, -0.25) is 4.99 Å². The van der Waals surface area contributed by atoms with E-state index in [0.717, 1.165) is 30.1 Å². The third-order valence-electron chi connectivity index (χ3n) is 4.50. The molecule has 0 bridgehead atoms. The Morgan fingerprint density at radius 1 is 1.05 bits per heavy atom. The number of hydrogen-bond donors (Lipinski definition) is 1. The van der Waals surface area contributed by atoms with Gasteiger partial charge in [0.05, 0.1) is 23.5 Å². The van der Waals surface area contributed by atoms with E-state index in [4.69, 9.17) is 9.98 Å². The van der Waals surface area contributed by atoms with Crippen molar-refractivity contribution in [3.8, 4) is 0 Å². The Kier molecular flexibility index (Phi) is 2.64. The lowest BCUT2D eigenvalue weighted by molar-refractivity contribution is 0.385. The summed E-state index contributed by atoms with van der Waals surface area (Å²) >= 11 is 0. The SMILES string of the molecule is c1ccc2c(c1)CCC(C1=NC3CCCCC3N1)=N2. The summed E-state index contributed by atoms with van der Waals surface area (Å²) in [6, 6.07) is 9.53. The lowest BCUT2D eigenvalue weighted by Crippen LogP contribution is -2.39. The van der Waals surface area contributed by atoms with Crippen LogP contribution in [0.15, 0.2) is 34.3 Å². The molecular weight excluding hydrogens is 234 g/mol. The average Bonchev–Trinajstić information content (AvgIpc) is 2.90. The summed E-state index contributed by atoms with van der Waals surface area (Å²) in [7, 11) is 0. The fraction of sp³-hybridized carbons (Fsp3) is 0.500. The quantitative estimate of drug-likeness (QED) is 0.820. The van der Waals surface area contributed by atoms with Crippen molar-refractivity contribution in [3.05, 3.63) is 29.8 Å². The molecule has 0 saturated heterocycles. The summed E-state index contributed by atoms with van der Waals surface area (Å²) in [6.45, 7) is 0. The van der Waals surface area contributed by atoms with Crippen LogP contribution < -0.4 is 5.32 Å². The molecule has 0 amide bonds. The summed E-state index contributed by atoms with van der Waals surface area (Å²) in [5.41, 5.74) is 3.65. The van der Waals surface area contributed by atoms with Gasteiger partial charge in [-0.15, -0.1) is 0 Å². The van der Waals surface area contributed by atoms with Gasteiger partial charge >= 0.3 is 0 Å². The van der Waals surface area contributed by atoms with Crippen LogP contribution in [0.5, 0.6) is 0 Å². The van der Waals surface area contributed by atoms with Crippen molar-refractivity contribution >= 4 is 17.2 Å². The number of amidine groups is 1. The number of para-hydroxylation sites is 1. The standard InChI is InChI=1S/C16H19N3/c1-2-6-12-11(5-1)9-10-15(17-12)16-18-13-7-3-4-8-14(13)19-16/h1-2,5-6,13-14H,3-4,7-10H2,(H,18,19). The molecule has 2 unspecified atom stereocenters. The number of benzene rings is 1. The van der Waals surface area contributed by atoms with Gasteiger partial charge in [-0.25, -0.2) is 4.99 Å². The first kappa shape index (κ1) is 11.2. The van der Waals surface area contributed by atoms with E-state index in [-0.39, 0.29) is 0 Å². The predicted molar refractivity (Wildman–Crippen MR) is 78.5 cm³/mol. The van der Waals surface area contributed by atoms with E-state index in [9.17, 15) is 0 Å². The van der Waals surface area contributed by atoms with Crippen LogP contribution >= 0.6 is 0 Å². The molecule has 1 aromatic carbocycles. The van der Waals surface area contributed by atoms with Gasteiger partial charge < -0.3 is 5.32 Å². The molecule has 2 atom stereocenters. The molecule has 1 saturated carbocycles. The smallest absolute Gasteiger partial charge is 0.143 e. The molecule has 0 aromatic heterocycles.